The number of carbonyl (C=O) groups is 6. The summed E-state index contributed by atoms with van der Waals surface area (Å²) in [6, 6.07) is 0. The van der Waals surface area contributed by atoms with Gasteiger partial charge >= 0.3 is 11.9 Å². The van der Waals surface area contributed by atoms with Crippen LogP contribution in [0.15, 0.2) is 23.3 Å². The fourth-order valence-corrected chi connectivity index (χ4v) is 15.2. The van der Waals surface area contributed by atoms with Crippen LogP contribution in [0.1, 0.15) is 130 Å². The summed E-state index contributed by atoms with van der Waals surface area (Å²) in [7, 11) is 0. The summed E-state index contributed by atoms with van der Waals surface area (Å²) in [4.78, 5) is 77.3. The summed E-state index contributed by atoms with van der Waals surface area (Å²) in [6.07, 6.45) is 8.42. The molecule has 0 aliphatic heterocycles. The molecule has 0 amide bonds. The van der Waals surface area contributed by atoms with Crippen LogP contribution in [0.5, 0.6) is 0 Å². The van der Waals surface area contributed by atoms with E-state index in [4.69, 9.17) is 9.47 Å². The minimum atomic E-state index is -1.81. The molecule has 6 saturated carbocycles. The van der Waals surface area contributed by atoms with Gasteiger partial charge in [-0.25, -0.2) is 0 Å². The van der Waals surface area contributed by atoms with Crippen LogP contribution in [-0.2, 0) is 38.2 Å². The number of allylic oxidation sites excluding steroid dienone is 2. The minimum absolute atomic E-state index is 0.0270. The number of ketones is 4. The number of carbonyl (C=O) groups excluding carboxylic acids is 6. The predicted molar refractivity (Wildman–Crippen MR) is 207 cm³/mol. The quantitative estimate of drug-likeness (QED) is 0.239. The van der Waals surface area contributed by atoms with Crippen molar-refractivity contribution in [3.63, 3.8) is 0 Å². The molecule has 0 aromatic rings. The van der Waals surface area contributed by atoms with E-state index in [0.29, 0.717) is 38.5 Å². The maximum absolute atomic E-state index is 13.7. The maximum Gasteiger partial charge on any atom is 0.306 e. The molecule has 8 rings (SSSR count). The van der Waals surface area contributed by atoms with Gasteiger partial charge in [-0.1, -0.05) is 38.8 Å². The van der Waals surface area contributed by atoms with E-state index in [9.17, 15) is 49.2 Å². The molecule has 12 nitrogen and oxygen atoms in total. The number of aliphatic hydroxyl groups is 4. The molecule has 0 aromatic heterocycles. The second-order valence-electron chi connectivity index (χ2n) is 20.6. The first-order valence-corrected chi connectivity index (χ1v) is 21.9. The average molecular weight is 807 g/mol. The fraction of sp³-hybridized carbons (Fsp3) is 0.783. The molecule has 0 aromatic carbocycles. The smallest absolute Gasteiger partial charge is 0.306 e. The van der Waals surface area contributed by atoms with Crippen LogP contribution in [0.4, 0.5) is 0 Å². The van der Waals surface area contributed by atoms with Crippen LogP contribution in [0, 0.1) is 57.2 Å². The van der Waals surface area contributed by atoms with Gasteiger partial charge in [0.2, 0.25) is 11.6 Å². The van der Waals surface area contributed by atoms with E-state index in [1.54, 1.807) is 12.2 Å². The second-order valence-corrected chi connectivity index (χ2v) is 20.6. The first kappa shape index (κ1) is 41.7. The minimum Gasteiger partial charge on any atom is -0.458 e. The lowest BCUT2D eigenvalue weighted by Crippen LogP contribution is -2.62. The van der Waals surface area contributed by atoms with Gasteiger partial charge in [-0.2, -0.15) is 0 Å². The second kappa shape index (κ2) is 14.3. The highest BCUT2D eigenvalue weighted by molar-refractivity contribution is 5.93. The third-order valence-electron chi connectivity index (χ3n) is 18.3. The number of rotatable bonds is 9. The van der Waals surface area contributed by atoms with Crippen molar-refractivity contribution in [2.75, 3.05) is 13.2 Å². The SMILES string of the molecule is C[C@]12CCC(=O)C=C1CCC1C2[C@@H](O)C[C@@]2(C)C1CC[C@]2(O)C(=O)COC(=O)CCC(=O)OCC(=O)[C@@]1(O)CCC2C3CCC4=CC(=O)CC[C@]4(C)C3[C@@H](O)C[C@@]21C. The highest BCUT2D eigenvalue weighted by Crippen LogP contribution is 2.69. The molecule has 4 N–H and O–H groups in total. The third kappa shape index (κ3) is 6.03. The highest BCUT2D eigenvalue weighted by Gasteiger charge is 2.70. The number of Topliss-reactive ketones (excluding diaryl/α,β-unsaturated/α-hetero) is 2. The first-order chi connectivity index (χ1) is 27.2. The Labute approximate surface area is 340 Å². The van der Waals surface area contributed by atoms with E-state index < -0.39 is 83.8 Å². The van der Waals surface area contributed by atoms with Gasteiger partial charge in [-0.15, -0.1) is 0 Å². The van der Waals surface area contributed by atoms with Crippen molar-refractivity contribution in [2.24, 2.45) is 57.2 Å². The molecule has 8 aliphatic rings. The zero-order valence-electron chi connectivity index (χ0n) is 34.6. The van der Waals surface area contributed by atoms with Crippen LogP contribution in [0.3, 0.4) is 0 Å². The molecule has 0 saturated heterocycles. The lowest BCUT2D eigenvalue weighted by molar-refractivity contribution is -0.185. The molecule has 6 unspecified atom stereocenters. The topological polar surface area (TPSA) is 202 Å². The van der Waals surface area contributed by atoms with E-state index in [1.807, 2.05) is 13.8 Å². The van der Waals surface area contributed by atoms with Crippen molar-refractivity contribution in [1.82, 2.24) is 0 Å². The van der Waals surface area contributed by atoms with Gasteiger partial charge in [0.25, 0.3) is 0 Å². The molecule has 0 radical (unpaired) electrons. The summed E-state index contributed by atoms with van der Waals surface area (Å²) in [5.41, 5.74) is -3.88. The molecule has 58 heavy (non-hydrogen) atoms. The van der Waals surface area contributed by atoms with E-state index >= 15 is 0 Å². The van der Waals surface area contributed by atoms with Crippen molar-refractivity contribution in [3.05, 3.63) is 23.3 Å². The van der Waals surface area contributed by atoms with Gasteiger partial charge in [0.15, 0.2) is 24.8 Å². The third-order valence-corrected chi connectivity index (χ3v) is 18.3. The van der Waals surface area contributed by atoms with E-state index in [2.05, 4.69) is 13.8 Å². The largest absolute Gasteiger partial charge is 0.458 e. The van der Waals surface area contributed by atoms with Crippen LogP contribution in [0.2, 0.25) is 0 Å². The number of esters is 2. The highest BCUT2D eigenvalue weighted by atomic mass is 16.5. The van der Waals surface area contributed by atoms with Gasteiger partial charge in [0, 0.05) is 23.7 Å². The molecule has 6 fully saturated rings. The normalized spacial score (nSPS) is 46.6. The predicted octanol–water partition coefficient (Wildman–Crippen LogP) is 4.46. The van der Waals surface area contributed by atoms with Crippen LogP contribution in [0.25, 0.3) is 0 Å². The zero-order valence-corrected chi connectivity index (χ0v) is 34.6. The van der Waals surface area contributed by atoms with Crippen molar-refractivity contribution in [2.45, 2.75) is 154 Å². The number of aliphatic hydroxyl groups excluding tert-OH is 2. The summed E-state index contributed by atoms with van der Waals surface area (Å²) in [5, 5.41) is 47.3. The van der Waals surface area contributed by atoms with Gasteiger partial charge < -0.3 is 29.9 Å². The molecular weight excluding hydrogens is 744 g/mol. The van der Waals surface area contributed by atoms with Crippen LogP contribution in [-0.4, -0.2) is 92.1 Å². The standard InChI is InChI=1S/C46H62O12/c1-41-15-11-27(47)19-25(41)5-7-29-31-13-17-45(55,43(31,3)21-33(49)39(29)41)35(51)23-57-37(53)9-10-38(54)58-24-36(52)46(56)18-14-32-30-8-6-26-20-28(48)12-16-42(26,2)40(30)34(50)22-44(32,46)4/h19-20,29-34,39-40,49-50,55-56H,5-18,21-24H2,1-4H3/t29?,30?,31?,32?,33-,34-,39?,40?,41-,42-,43-,44-,45-,46-/m0/s1. The van der Waals surface area contributed by atoms with Crippen LogP contribution < -0.4 is 0 Å². The summed E-state index contributed by atoms with van der Waals surface area (Å²) in [6.45, 7) is 6.64. The monoisotopic (exact) mass is 806 g/mol. The molecule has 318 valence electrons. The van der Waals surface area contributed by atoms with Crippen molar-refractivity contribution in [3.8, 4) is 0 Å². The number of ether oxygens (including phenoxy) is 2. The van der Waals surface area contributed by atoms with Crippen molar-refractivity contribution >= 4 is 35.1 Å². The Hall–Kier alpha value is -3.06. The average Bonchev–Trinajstić information content (AvgIpc) is 3.60. The number of fused-ring (bicyclic) bond motifs is 10. The number of hydrogen-bond donors (Lipinski definition) is 4. The fourth-order valence-electron chi connectivity index (χ4n) is 15.2. The van der Waals surface area contributed by atoms with Gasteiger partial charge in [0.1, 0.15) is 11.2 Å². The van der Waals surface area contributed by atoms with E-state index in [0.717, 1.165) is 36.8 Å². The van der Waals surface area contributed by atoms with Crippen molar-refractivity contribution < 1.29 is 58.7 Å². The summed E-state index contributed by atoms with van der Waals surface area (Å²) < 4.78 is 10.5. The summed E-state index contributed by atoms with van der Waals surface area (Å²) in [5.74, 6) is -2.76. The molecular formula is C46H62O12. The summed E-state index contributed by atoms with van der Waals surface area (Å²) >= 11 is 0. The van der Waals surface area contributed by atoms with Gasteiger partial charge in [-0.05, 0) is 136 Å². The molecule has 14 atom stereocenters. The molecule has 0 bridgehead atoms. The molecule has 12 heteroatoms. The van der Waals surface area contributed by atoms with Crippen LogP contribution >= 0.6 is 0 Å². The Morgan fingerprint density at radius 3 is 1.36 bits per heavy atom. The number of hydrogen-bond acceptors (Lipinski definition) is 12. The Balaban J connectivity index is 0.827. The Bertz CT molecular complexity index is 1730. The van der Waals surface area contributed by atoms with Crippen molar-refractivity contribution in [1.29, 1.82) is 0 Å². The lowest BCUT2D eigenvalue weighted by atomic mass is 9.45. The Morgan fingerprint density at radius 2 is 0.983 bits per heavy atom. The lowest BCUT2D eigenvalue weighted by Gasteiger charge is -2.60. The molecule has 8 aliphatic carbocycles. The molecule has 0 heterocycles. The van der Waals surface area contributed by atoms with E-state index in [-0.39, 0.29) is 83.6 Å². The first-order valence-electron chi connectivity index (χ1n) is 21.9. The zero-order chi connectivity index (χ0) is 41.8. The van der Waals surface area contributed by atoms with Gasteiger partial charge in [0.05, 0.1) is 25.0 Å². The molecule has 0 spiro atoms. The maximum atomic E-state index is 13.7. The van der Waals surface area contributed by atoms with E-state index in [1.165, 1.54) is 0 Å². The van der Waals surface area contributed by atoms with Gasteiger partial charge in [-0.3, -0.25) is 28.8 Å². The Kier molecular flexibility index (Phi) is 10.2. The Morgan fingerprint density at radius 1 is 0.603 bits per heavy atom.